The van der Waals surface area contributed by atoms with Gasteiger partial charge in [0.1, 0.15) is 0 Å². The zero-order valence-electron chi connectivity index (χ0n) is 11.8. The third-order valence-corrected chi connectivity index (χ3v) is 3.56. The topological polar surface area (TPSA) is 47.7 Å². The van der Waals surface area contributed by atoms with Gasteiger partial charge in [0, 0.05) is 6.20 Å². The molecule has 0 unspecified atom stereocenters. The lowest BCUT2D eigenvalue weighted by Gasteiger charge is -2.32. The molecular weight excluding hydrogens is 260 g/mol. The monoisotopic (exact) mass is 280 g/mol. The van der Waals surface area contributed by atoms with Gasteiger partial charge in [-0.1, -0.05) is 6.92 Å². The van der Waals surface area contributed by atoms with Gasteiger partial charge in [-0.15, -0.1) is 13.2 Å². The number of halogens is 3. The normalized spacial score (nSPS) is 22.8. The standard InChI is InChI=1S/C11H20BF3N2O2/c1-6-8(7-17(16)11(13,14)15)12-18-9(2,3)10(4,5)19-12/h7H,6,16H2,1-5H3/b8-7+. The molecule has 0 amide bonds. The molecule has 0 spiro atoms. The first kappa shape index (κ1) is 16.3. The Morgan fingerprint density at radius 1 is 1.21 bits per heavy atom. The molecule has 0 bridgehead atoms. The van der Waals surface area contributed by atoms with Crippen LogP contribution in [0.4, 0.5) is 13.2 Å². The summed E-state index contributed by atoms with van der Waals surface area (Å²) in [5.41, 5.74) is -0.842. The average molecular weight is 280 g/mol. The summed E-state index contributed by atoms with van der Waals surface area (Å²) in [6, 6.07) is 0. The molecule has 0 aliphatic carbocycles. The number of hydrogen-bond acceptors (Lipinski definition) is 4. The summed E-state index contributed by atoms with van der Waals surface area (Å²) in [6.07, 6.45) is -3.45. The molecule has 1 fully saturated rings. The third kappa shape index (κ3) is 3.43. The second-order valence-corrected chi connectivity index (χ2v) is 5.52. The fourth-order valence-corrected chi connectivity index (χ4v) is 1.57. The molecule has 0 aromatic carbocycles. The minimum atomic E-state index is -4.62. The van der Waals surface area contributed by atoms with E-state index in [1.807, 2.05) is 27.7 Å². The van der Waals surface area contributed by atoms with Crippen molar-refractivity contribution in [2.45, 2.75) is 58.5 Å². The van der Waals surface area contributed by atoms with Crippen LogP contribution >= 0.6 is 0 Å². The van der Waals surface area contributed by atoms with Crippen LogP contribution in [-0.2, 0) is 9.31 Å². The molecule has 2 N–H and O–H groups in total. The fraction of sp³-hybridized carbons (Fsp3) is 0.818. The predicted octanol–water partition coefficient (Wildman–Crippen LogP) is 2.61. The smallest absolute Gasteiger partial charge is 0.400 e. The molecular formula is C11H20BF3N2O2. The molecule has 1 rings (SSSR count). The molecule has 0 aromatic heterocycles. The number of hydrogen-bond donors (Lipinski definition) is 1. The quantitative estimate of drug-likeness (QED) is 0.373. The van der Waals surface area contributed by atoms with Gasteiger partial charge >= 0.3 is 13.4 Å². The minimum absolute atomic E-state index is 0.281. The molecule has 19 heavy (non-hydrogen) atoms. The van der Waals surface area contributed by atoms with E-state index in [4.69, 9.17) is 15.2 Å². The van der Waals surface area contributed by atoms with Crippen LogP contribution in [0.3, 0.4) is 0 Å². The van der Waals surface area contributed by atoms with E-state index in [0.717, 1.165) is 6.20 Å². The highest BCUT2D eigenvalue weighted by Gasteiger charge is 2.52. The molecule has 1 aliphatic heterocycles. The Morgan fingerprint density at radius 3 is 1.95 bits per heavy atom. The number of hydrazine groups is 1. The Balaban J connectivity index is 2.93. The Morgan fingerprint density at radius 2 is 1.63 bits per heavy atom. The largest absolute Gasteiger partial charge is 0.498 e. The molecule has 0 saturated carbocycles. The summed E-state index contributed by atoms with van der Waals surface area (Å²) in [5.74, 6) is 4.95. The first-order chi connectivity index (χ1) is 8.40. The van der Waals surface area contributed by atoms with Crippen molar-refractivity contribution in [1.82, 2.24) is 5.01 Å². The molecule has 0 radical (unpaired) electrons. The maximum atomic E-state index is 12.4. The van der Waals surface area contributed by atoms with Crippen molar-refractivity contribution in [1.29, 1.82) is 0 Å². The van der Waals surface area contributed by atoms with Crippen molar-refractivity contribution < 1.29 is 22.5 Å². The lowest BCUT2D eigenvalue weighted by molar-refractivity contribution is -0.229. The lowest BCUT2D eigenvalue weighted by Crippen LogP contribution is -2.41. The highest BCUT2D eigenvalue weighted by molar-refractivity contribution is 6.54. The van der Waals surface area contributed by atoms with Crippen LogP contribution in [0.2, 0.25) is 0 Å². The van der Waals surface area contributed by atoms with Gasteiger partial charge in [0.05, 0.1) is 11.2 Å². The van der Waals surface area contributed by atoms with Crippen molar-refractivity contribution >= 4 is 7.12 Å². The van der Waals surface area contributed by atoms with Crippen LogP contribution in [0.1, 0.15) is 41.0 Å². The Labute approximate surface area is 111 Å². The first-order valence-electron chi connectivity index (χ1n) is 6.07. The van der Waals surface area contributed by atoms with Gasteiger partial charge in [0.2, 0.25) is 0 Å². The van der Waals surface area contributed by atoms with Crippen LogP contribution < -0.4 is 5.84 Å². The molecule has 1 saturated heterocycles. The van der Waals surface area contributed by atoms with Crippen molar-refractivity contribution in [3.63, 3.8) is 0 Å². The van der Waals surface area contributed by atoms with E-state index in [-0.39, 0.29) is 5.01 Å². The van der Waals surface area contributed by atoms with E-state index in [1.165, 1.54) is 0 Å². The van der Waals surface area contributed by atoms with Gasteiger partial charge in [-0.25, -0.2) is 10.9 Å². The Bertz CT molecular complexity index is 353. The van der Waals surface area contributed by atoms with E-state index >= 15 is 0 Å². The predicted molar refractivity (Wildman–Crippen MR) is 66.5 cm³/mol. The highest BCUT2D eigenvalue weighted by atomic mass is 19.4. The number of alkyl halides is 3. The van der Waals surface area contributed by atoms with Gasteiger partial charge in [-0.2, -0.15) is 0 Å². The zero-order valence-corrected chi connectivity index (χ0v) is 11.8. The van der Waals surface area contributed by atoms with E-state index in [2.05, 4.69) is 0 Å². The average Bonchev–Trinajstić information content (AvgIpc) is 2.42. The maximum Gasteiger partial charge on any atom is 0.498 e. The van der Waals surface area contributed by atoms with Gasteiger partial charge < -0.3 is 9.31 Å². The van der Waals surface area contributed by atoms with E-state index in [1.54, 1.807) is 6.92 Å². The van der Waals surface area contributed by atoms with Crippen LogP contribution in [-0.4, -0.2) is 29.6 Å². The van der Waals surface area contributed by atoms with Crippen LogP contribution in [0, 0.1) is 0 Å². The van der Waals surface area contributed by atoms with Gasteiger partial charge in [-0.05, 0) is 39.6 Å². The zero-order chi connectivity index (χ0) is 15.1. The van der Waals surface area contributed by atoms with E-state index < -0.39 is 24.6 Å². The number of nitrogens with zero attached hydrogens (tertiary/aromatic N) is 1. The van der Waals surface area contributed by atoms with Crippen molar-refractivity contribution in [3.05, 3.63) is 11.7 Å². The first-order valence-corrected chi connectivity index (χ1v) is 6.07. The fourth-order valence-electron chi connectivity index (χ4n) is 1.57. The van der Waals surface area contributed by atoms with Crippen LogP contribution in [0.25, 0.3) is 0 Å². The molecule has 110 valence electrons. The Hall–Kier alpha value is -0.725. The Kier molecular flexibility index (Phi) is 4.29. The van der Waals surface area contributed by atoms with E-state index in [0.29, 0.717) is 11.9 Å². The number of nitrogens with two attached hydrogens (primary N) is 1. The van der Waals surface area contributed by atoms with Gasteiger partial charge in [0.15, 0.2) is 0 Å². The molecule has 0 aromatic rings. The summed E-state index contributed by atoms with van der Waals surface area (Å²) in [5, 5.41) is -0.281. The molecule has 8 heteroatoms. The molecule has 1 heterocycles. The number of rotatable bonds is 3. The summed E-state index contributed by atoms with van der Waals surface area (Å²) in [6.45, 7) is 9.07. The van der Waals surface area contributed by atoms with E-state index in [9.17, 15) is 13.2 Å². The summed E-state index contributed by atoms with van der Waals surface area (Å²) in [7, 11) is -0.816. The second-order valence-electron chi connectivity index (χ2n) is 5.52. The summed E-state index contributed by atoms with van der Waals surface area (Å²) >= 11 is 0. The van der Waals surface area contributed by atoms with Crippen LogP contribution in [0.5, 0.6) is 0 Å². The van der Waals surface area contributed by atoms with Gasteiger partial charge in [0.25, 0.3) is 0 Å². The molecule has 1 aliphatic rings. The lowest BCUT2D eigenvalue weighted by atomic mass is 9.77. The minimum Gasteiger partial charge on any atom is -0.400 e. The van der Waals surface area contributed by atoms with Crippen molar-refractivity contribution in [3.8, 4) is 0 Å². The molecule has 0 atom stereocenters. The van der Waals surface area contributed by atoms with Gasteiger partial charge in [-0.3, -0.25) is 0 Å². The molecule has 4 nitrogen and oxygen atoms in total. The van der Waals surface area contributed by atoms with Crippen LogP contribution in [0.15, 0.2) is 11.7 Å². The van der Waals surface area contributed by atoms with Crippen molar-refractivity contribution in [2.24, 2.45) is 5.84 Å². The summed E-state index contributed by atoms with van der Waals surface area (Å²) in [4.78, 5) is 0. The maximum absolute atomic E-state index is 12.4. The third-order valence-electron chi connectivity index (χ3n) is 3.56. The second kappa shape index (κ2) is 4.99. The highest BCUT2D eigenvalue weighted by Crippen LogP contribution is 2.39. The number of allylic oxidation sites excluding steroid dienone is 1. The SMILES string of the molecule is CC/C(=C\N(N)C(F)(F)F)B1OC(C)(C)C(C)(C)O1. The summed E-state index contributed by atoms with van der Waals surface area (Å²) < 4.78 is 48.6. The van der Waals surface area contributed by atoms with Crippen molar-refractivity contribution in [2.75, 3.05) is 0 Å².